The largest absolute Gasteiger partial charge is 0.391 e. The van der Waals surface area contributed by atoms with Crippen molar-refractivity contribution in [3.63, 3.8) is 0 Å². The number of aliphatic hydroxyl groups is 1. The second-order valence-electron chi connectivity index (χ2n) is 5.71. The standard InChI is InChI=1S/C15H16ClFN4O2/c1-9-5-6-20(8-13(9)22)15(23)11-7-21(19-18-11)12-4-2-3-10(16)14(12)17/h2-4,7,9,13,22H,5-6,8H2,1H3. The van der Waals surface area contributed by atoms with Crippen molar-refractivity contribution in [2.45, 2.75) is 19.4 Å². The van der Waals surface area contributed by atoms with E-state index in [9.17, 15) is 14.3 Å². The normalized spacial score (nSPS) is 21.5. The zero-order valence-electron chi connectivity index (χ0n) is 12.5. The predicted molar refractivity (Wildman–Crippen MR) is 82.0 cm³/mol. The highest BCUT2D eigenvalue weighted by molar-refractivity contribution is 6.30. The number of aromatic nitrogens is 3. The summed E-state index contributed by atoms with van der Waals surface area (Å²) < 4.78 is 15.2. The zero-order chi connectivity index (χ0) is 16.6. The fourth-order valence-electron chi connectivity index (χ4n) is 2.54. The molecule has 1 fully saturated rings. The van der Waals surface area contributed by atoms with Gasteiger partial charge < -0.3 is 10.0 Å². The number of hydrogen-bond donors (Lipinski definition) is 1. The molecule has 1 aliphatic rings. The molecule has 2 aromatic rings. The first-order valence-electron chi connectivity index (χ1n) is 7.31. The van der Waals surface area contributed by atoms with Gasteiger partial charge in [0.2, 0.25) is 0 Å². The third-order valence-electron chi connectivity index (χ3n) is 4.10. The van der Waals surface area contributed by atoms with E-state index < -0.39 is 11.9 Å². The molecule has 0 saturated carbocycles. The number of nitrogens with zero attached hydrogens (tertiary/aromatic N) is 4. The number of β-amino-alcohol motifs (C(OH)–C–C–N with tert-alkyl or cyclic N) is 1. The van der Waals surface area contributed by atoms with Crippen molar-refractivity contribution in [1.82, 2.24) is 19.9 Å². The second-order valence-corrected chi connectivity index (χ2v) is 6.11. The molecule has 122 valence electrons. The number of carbonyl (C=O) groups is 1. The minimum absolute atomic E-state index is 0.0287. The summed E-state index contributed by atoms with van der Waals surface area (Å²) in [6.07, 6.45) is 1.54. The van der Waals surface area contributed by atoms with E-state index in [1.165, 1.54) is 27.9 Å². The first-order chi connectivity index (χ1) is 11.0. The van der Waals surface area contributed by atoms with E-state index in [2.05, 4.69) is 10.3 Å². The first-order valence-corrected chi connectivity index (χ1v) is 7.69. The van der Waals surface area contributed by atoms with Crippen LogP contribution in [-0.4, -0.2) is 50.1 Å². The van der Waals surface area contributed by atoms with Gasteiger partial charge in [0, 0.05) is 13.1 Å². The molecule has 0 bridgehead atoms. The Bertz CT molecular complexity index is 736. The van der Waals surface area contributed by atoms with E-state index in [-0.39, 0.29) is 34.8 Å². The first kappa shape index (κ1) is 15.9. The smallest absolute Gasteiger partial charge is 0.276 e. The van der Waals surface area contributed by atoms with Crippen molar-refractivity contribution in [2.75, 3.05) is 13.1 Å². The Morgan fingerprint density at radius 3 is 3.00 bits per heavy atom. The molecule has 1 aromatic carbocycles. The summed E-state index contributed by atoms with van der Waals surface area (Å²) in [5.74, 6) is -0.791. The molecule has 1 amide bonds. The van der Waals surface area contributed by atoms with E-state index in [0.29, 0.717) is 6.54 Å². The minimum atomic E-state index is -0.625. The van der Waals surface area contributed by atoms with Crippen LogP contribution in [-0.2, 0) is 0 Å². The summed E-state index contributed by atoms with van der Waals surface area (Å²) in [6, 6.07) is 4.52. The Morgan fingerprint density at radius 1 is 1.48 bits per heavy atom. The van der Waals surface area contributed by atoms with Gasteiger partial charge in [-0.1, -0.05) is 29.8 Å². The van der Waals surface area contributed by atoms with Crippen LogP contribution in [0, 0.1) is 11.7 Å². The molecule has 2 atom stereocenters. The Kier molecular flexibility index (Phi) is 4.32. The van der Waals surface area contributed by atoms with Gasteiger partial charge in [-0.25, -0.2) is 9.07 Å². The monoisotopic (exact) mass is 338 g/mol. The van der Waals surface area contributed by atoms with Crippen LogP contribution in [0.5, 0.6) is 0 Å². The molecule has 0 radical (unpaired) electrons. The minimum Gasteiger partial charge on any atom is -0.391 e. The molecule has 1 aliphatic heterocycles. The highest BCUT2D eigenvalue weighted by Crippen LogP contribution is 2.22. The van der Waals surface area contributed by atoms with E-state index in [0.717, 1.165) is 6.42 Å². The molecule has 0 spiro atoms. The predicted octanol–water partition coefficient (Wildman–Crippen LogP) is 1.90. The van der Waals surface area contributed by atoms with Gasteiger partial charge >= 0.3 is 0 Å². The molecule has 2 heterocycles. The molecule has 1 saturated heterocycles. The van der Waals surface area contributed by atoms with E-state index >= 15 is 0 Å². The Morgan fingerprint density at radius 2 is 2.26 bits per heavy atom. The average Bonchev–Trinajstić information content (AvgIpc) is 3.01. The maximum Gasteiger partial charge on any atom is 0.276 e. The molecule has 2 unspecified atom stereocenters. The van der Waals surface area contributed by atoms with E-state index in [1.54, 1.807) is 6.07 Å². The molecular weight excluding hydrogens is 323 g/mol. The molecule has 1 N–H and O–H groups in total. The Hall–Kier alpha value is -1.99. The summed E-state index contributed by atoms with van der Waals surface area (Å²) in [7, 11) is 0. The number of rotatable bonds is 2. The fourth-order valence-corrected chi connectivity index (χ4v) is 2.71. The van der Waals surface area contributed by atoms with Crippen molar-refractivity contribution in [3.05, 3.63) is 40.9 Å². The average molecular weight is 339 g/mol. The highest BCUT2D eigenvalue weighted by atomic mass is 35.5. The summed E-state index contributed by atoms with van der Waals surface area (Å²) >= 11 is 5.75. The van der Waals surface area contributed by atoms with Gasteiger partial charge in [-0.3, -0.25) is 4.79 Å². The van der Waals surface area contributed by atoms with Crippen LogP contribution in [0.25, 0.3) is 5.69 Å². The summed E-state index contributed by atoms with van der Waals surface area (Å²) in [4.78, 5) is 14.0. The lowest BCUT2D eigenvalue weighted by Gasteiger charge is -2.33. The molecule has 6 nitrogen and oxygen atoms in total. The van der Waals surface area contributed by atoms with Crippen molar-refractivity contribution >= 4 is 17.5 Å². The number of amides is 1. The Balaban J connectivity index is 1.82. The second kappa shape index (κ2) is 6.25. The Labute approximate surface area is 137 Å². The van der Waals surface area contributed by atoms with Crippen molar-refractivity contribution in [1.29, 1.82) is 0 Å². The van der Waals surface area contributed by atoms with Crippen molar-refractivity contribution < 1.29 is 14.3 Å². The van der Waals surface area contributed by atoms with Gasteiger partial charge in [-0.2, -0.15) is 0 Å². The number of likely N-dealkylation sites (tertiary alicyclic amines) is 1. The molecule has 1 aromatic heterocycles. The quantitative estimate of drug-likeness (QED) is 0.908. The van der Waals surface area contributed by atoms with Crippen LogP contribution in [0.2, 0.25) is 5.02 Å². The number of carbonyl (C=O) groups excluding carboxylic acids is 1. The van der Waals surface area contributed by atoms with Gasteiger partial charge in [0.1, 0.15) is 5.69 Å². The van der Waals surface area contributed by atoms with E-state index in [4.69, 9.17) is 11.6 Å². The van der Waals surface area contributed by atoms with E-state index in [1.807, 2.05) is 6.92 Å². The molecular formula is C15H16ClFN4O2. The number of halogens is 2. The topological polar surface area (TPSA) is 71.2 Å². The maximum absolute atomic E-state index is 14.0. The van der Waals surface area contributed by atoms with Crippen LogP contribution >= 0.6 is 11.6 Å². The van der Waals surface area contributed by atoms with Crippen LogP contribution in [0.15, 0.2) is 24.4 Å². The van der Waals surface area contributed by atoms with Crippen LogP contribution < -0.4 is 0 Å². The number of piperidine rings is 1. The highest BCUT2D eigenvalue weighted by Gasteiger charge is 2.29. The summed E-state index contributed by atoms with van der Waals surface area (Å²) in [6.45, 7) is 2.76. The van der Waals surface area contributed by atoms with Gasteiger partial charge in [0.25, 0.3) is 5.91 Å². The zero-order valence-corrected chi connectivity index (χ0v) is 13.2. The third kappa shape index (κ3) is 3.07. The number of benzene rings is 1. The molecule has 3 rings (SSSR count). The summed E-state index contributed by atoms with van der Waals surface area (Å²) in [5.41, 5.74) is 0.225. The molecule has 23 heavy (non-hydrogen) atoms. The molecule has 0 aliphatic carbocycles. The lowest BCUT2D eigenvalue weighted by atomic mass is 9.96. The van der Waals surface area contributed by atoms with Gasteiger partial charge in [-0.05, 0) is 24.5 Å². The third-order valence-corrected chi connectivity index (χ3v) is 4.39. The van der Waals surface area contributed by atoms with Crippen molar-refractivity contribution in [2.24, 2.45) is 5.92 Å². The summed E-state index contributed by atoms with van der Waals surface area (Å²) in [5, 5.41) is 17.5. The van der Waals surface area contributed by atoms with Gasteiger partial charge in [0.05, 0.1) is 17.3 Å². The van der Waals surface area contributed by atoms with Gasteiger partial charge in [0.15, 0.2) is 11.5 Å². The SMILES string of the molecule is CC1CCN(C(=O)c2cn(-c3cccc(Cl)c3F)nn2)CC1O. The lowest BCUT2D eigenvalue weighted by Crippen LogP contribution is -2.45. The maximum atomic E-state index is 14.0. The number of aliphatic hydroxyl groups excluding tert-OH is 1. The molecule has 8 heteroatoms. The number of hydrogen-bond acceptors (Lipinski definition) is 4. The lowest BCUT2D eigenvalue weighted by molar-refractivity contribution is 0.0245. The van der Waals surface area contributed by atoms with Crippen LogP contribution in [0.1, 0.15) is 23.8 Å². The fraction of sp³-hybridized carbons (Fsp3) is 0.400. The van der Waals surface area contributed by atoms with Crippen LogP contribution in [0.4, 0.5) is 4.39 Å². The van der Waals surface area contributed by atoms with Crippen LogP contribution in [0.3, 0.4) is 0 Å². The van der Waals surface area contributed by atoms with Crippen molar-refractivity contribution in [3.8, 4) is 5.69 Å². The van der Waals surface area contributed by atoms with Gasteiger partial charge in [-0.15, -0.1) is 5.10 Å².